The van der Waals surface area contributed by atoms with E-state index >= 15 is 0 Å². The molecule has 4 rings (SSSR count). The number of nitrogens with zero attached hydrogens (tertiary/aromatic N) is 3. The standard InChI is InChI=1S/C24H20BrN3O3S/c1-2-30-20-11-8-17(9-12-20)15-26-28(23(29)16-31-19-6-4-3-5-7-19)24-27-21-13-10-18(25)14-22(21)32-24/h3-15H,2,16H2,1H3/b26-15+. The number of carbonyl (C=O) groups is 1. The third-order valence-corrected chi connectivity index (χ3v) is 5.86. The zero-order valence-electron chi connectivity index (χ0n) is 17.3. The number of hydrogen-bond acceptors (Lipinski definition) is 6. The molecule has 0 radical (unpaired) electrons. The Morgan fingerprint density at radius 3 is 2.56 bits per heavy atom. The Labute approximate surface area is 198 Å². The molecule has 162 valence electrons. The minimum Gasteiger partial charge on any atom is -0.494 e. The molecule has 0 saturated heterocycles. The molecule has 0 unspecified atom stereocenters. The molecule has 1 heterocycles. The first-order valence-corrected chi connectivity index (χ1v) is 11.6. The van der Waals surface area contributed by atoms with E-state index < -0.39 is 0 Å². The third-order valence-electron chi connectivity index (χ3n) is 4.38. The van der Waals surface area contributed by atoms with Crippen molar-refractivity contribution in [1.82, 2.24) is 4.98 Å². The molecule has 0 aliphatic rings. The van der Waals surface area contributed by atoms with Crippen molar-refractivity contribution in [2.45, 2.75) is 6.92 Å². The summed E-state index contributed by atoms with van der Waals surface area (Å²) in [7, 11) is 0. The zero-order valence-corrected chi connectivity index (χ0v) is 19.7. The van der Waals surface area contributed by atoms with Crippen molar-refractivity contribution in [3.8, 4) is 11.5 Å². The fraction of sp³-hybridized carbons (Fsp3) is 0.125. The van der Waals surface area contributed by atoms with Crippen LogP contribution in [0.2, 0.25) is 0 Å². The molecule has 0 saturated carbocycles. The fourth-order valence-corrected chi connectivity index (χ4v) is 4.35. The van der Waals surface area contributed by atoms with E-state index in [1.807, 2.05) is 67.6 Å². The number of fused-ring (bicyclic) bond motifs is 1. The molecule has 0 spiro atoms. The van der Waals surface area contributed by atoms with E-state index in [0.29, 0.717) is 17.5 Å². The number of para-hydroxylation sites is 1. The second-order valence-corrected chi connectivity index (χ2v) is 8.59. The lowest BCUT2D eigenvalue weighted by Gasteiger charge is -2.14. The van der Waals surface area contributed by atoms with E-state index in [1.54, 1.807) is 18.3 Å². The van der Waals surface area contributed by atoms with Crippen LogP contribution in [0.5, 0.6) is 11.5 Å². The van der Waals surface area contributed by atoms with E-state index in [0.717, 1.165) is 26.0 Å². The summed E-state index contributed by atoms with van der Waals surface area (Å²) in [6, 6.07) is 22.5. The van der Waals surface area contributed by atoms with Gasteiger partial charge in [-0.1, -0.05) is 45.5 Å². The molecule has 0 bridgehead atoms. The molecule has 1 aromatic heterocycles. The second kappa shape index (κ2) is 10.4. The smallest absolute Gasteiger partial charge is 0.287 e. The zero-order chi connectivity index (χ0) is 22.3. The van der Waals surface area contributed by atoms with Crippen molar-refractivity contribution in [2.75, 3.05) is 18.2 Å². The Bertz CT molecular complexity index is 1230. The average molecular weight is 510 g/mol. The van der Waals surface area contributed by atoms with Gasteiger partial charge in [0.25, 0.3) is 5.91 Å². The van der Waals surface area contributed by atoms with Crippen molar-refractivity contribution in [2.24, 2.45) is 5.10 Å². The Balaban J connectivity index is 1.59. The Morgan fingerprint density at radius 1 is 1.06 bits per heavy atom. The molecule has 0 aliphatic carbocycles. The summed E-state index contributed by atoms with van der Waals surface area (Å²) >= 11 is 4.86. The highest BCUT2D eigenvalue weighted by molar-refractivity contribution is 9.10. The molecular formula is C24H20BrN3O3S. The molecule has 1 amide bonds. The predicted octanol–water partition coefficient (Wildman–Crippen LogP) is 5.90. The molecular weight excluding hydrogens is 490 g/mol. The van der Waals surface area contributed by atoms with Gasteiger partial charge in [-0.25, -0.2) is 4.98 Å². The van der Waals surface area contributed by atoms with E-state index in [9.17, 15) is 4.79 Å². The first-order chi connectivity index (χ1) is 15.6. The maximum atomic E-state index is 13.0. The largest absolute Gasteiger partial charge is 0.494 e. The highest BCUT2D eigenvalue weighted by Gasteiger charge is 2.20. The Kier molecular flexibility index (Phi) is 7.14. The fourth-order valence-electron chi connectivity index (χ4n) is 2.86. The van der Waals surface area contributed by atoms with Crippen LogP contribution in [0.3, 0.4) is 0 Å². The van der Waals surface area contributed by atoms with Crippen LogP contribution >= 0.6 is 27.3 Å². The van der Waals surface area contributed by atoms with Crippen LogP contribution in [0, 0.1) is 0 Å². The molecule has 6 nitrogen and oxygen atoms in total. The number of hydrogen-bond donors (Lipinski definition) is 0. The van der Waals surface area contributed by atoms with E-state index in [-0.39, 0.29) is 12.5 Å². The molecule has 32 heavy (non-hydrogen) atoms. The van der Waals surface area contributed by atoms with Crippen LogP contribution in [0.4, 0.5) is 5.13 Å². The van der Waals surface area contributed by atoms with Gasteiger partial charge in [-0.3, -0.25) is 4.79 Å². The van der Waals surface area contributed by atoms with Gasteiger partial charge in [-0.15, -0.1) is 0 Å². The quantitative estimate of drug-likeness (QED) is 0.219. The summed E-state index contributed by atoms with van der Waals surface area (Å²) in [4.78, 5) is 17.6. The summed E-state index contributed by atoms with van der Waals surface area (Å²) in [6.45, 7) is 2.38. The van der Waals surface area contributed by atoms with Crippen LogP contribution in [-0.4, -0.2) is 30.3 Å². The van der Waals surface area contributed by atoms with Crippen LogP contribution in [0.25, 0.3) is 10.2 Å². The van der Waals surface area contributed by atoms with Gasteiger partial charge < -0.3 is 9.47 Å². The lowest BCUT2D eigenvalue weighted by atomic mass is 10.2. The first kappa shape index (κ1) is 22.0. The number of halogens is 1. The maximum Gasteiger partial charge on any atom is 0.287 e. The number of ether oxygens (including phenoxy) is 2. The number of amides is 1. The van der Waals surface area contributed by atoms with Gasteiger partial charge in [0.15, 0.2) is 6.61 Å². The van der Waals surface area contributed by atoms with Crippen molar-refractivity contribution >= 4 is 54.7 Å². The van der Waals surface area contributed by atoms with Crippen molar-refractivity contribution < 1.29 is 14.3 Å². The summed E-state index contributed by atoms with van der Waals surface area (Å²) in [5, 5.41) is 6.21. The number of carbonyl (C=O) groups excluding carboxylic acids is 1. The normalized spacial score (nSPS) is 11.1. The molecule has 4 aromatic rings. The SMILES string of the molecule is CCOc1ccc(/C=N/N(C(=O)COc2ccccc2)c2nc3ccc(Br)cc3s2)cc1. The number of aromatic nitrogens is 1. The maximum absolute atomic E-state index is 13.0. The van der Waals surface area contributed by atoms with Crippen molar-refractivity contribution in [3.63, 3.8) is 0 Å². The highest BCUT2D eigenvalue weighted by atomic mass is 79.9. The van der Waals surface area contributed by atoms with E-state index in [2.05, 4.69) is 26.0 Å². The predicted molar refractivity (Wildman–Crippen MR) is 132 cm³/mol. The van der Waals surface area contributed by atoms with Gasteiger partial charge in [-0.05, 0) is 67.1 Å². The summed E-state index contributed by atoms with van der Waals surface area (Å²) in [5.74, 6) is 1.07. The van der Waals surface area contributed by atoms with Crippen LogP contribution in [0.1, 0.15) is 12.5 Å². The van der Waals surface area contributed by atoms with E-state index in [4.69, 9.17) is 9.47 Å². The second-order valence-electron chi connectivity index (χ2n) is 6.66. The first-order valence-electron chi connectivity index (χ1n) is 9.96. The van der Waals surface area contributed by atoms with Crippen LogP contribution < -0.4 is 14.5 Å². The monoisotopic (exact) mass is 509 g/mol. The van der Waals surface area contributed by atoms with Crippen LogP contribution in [0.15, 0.2) is 82.4 Å². The van der Waals surface area contributed by atoms with Gasteiger partial charge in [0.1, 0.15) is 11.5 Å². The van der Waals surface area contributed by atoms with Gasteiger partial charge in [0.2, 0.25) is 5.13 Å². The minimum atomic E-state index is -0.325. The lowest BCUT2D eigenvalue weighted by Crippen LogP contribution is -2.30. The molecule has 0 aliphatic heterocycles. The molecule has 8 heteroatoms. The molecule has 3 aromatic carbocycles. The summed E-state index contributed by atoms with van der Waals surface area (Å²) in [5.41, 5.74) is 1.63. The Hall–Kier alpha value is -3.23. The number of anilines is 1. The average Bonchev–Trinajstić information content (AvgIpc) is 3.22. The van der Waals surface area contributed by atoms with E-state index in [1.165, 1.54) is 16.3 Å². The van der Waals surface area contributed by atoms with Gasteiger partial charge in [-0.2, -0.15) is 10.1 Å². The summed E-state index contributed by atoms with van der Waals surface area (Å²) in [6.07, 6.45) is 1.62. The minimum absolute atomic E-state index is 0.162. The summed E-state index contributed by atoms with van der Waals surface area (Å²) < 4.78 is 13.0. The number of hydrazone groups is 1. The molecule has 0 atom stereocenters. The Morgan fingerprint density at radius 2 is 1.81 bits per heavy atom. The van der Waals surface area contributed by atoms with Gasteiger partial charge in [0, 0.05) is 4.47 Å². The number of benzene rings is 3. The third kappa shape index (κ3) is 5.52. The number of rotatable bonds is 8. The molecule has 0 N–H and O–H groups in total. The topological polar surface area (TPSA) is 64.0 Å². The van der Waals surface area contributed by atoms with Crippen LogP contribution in [-0.2, 0) is 4.79 Å². The van der Waals surface area contributed by atoms with Gasteiger partial charge >= 0.3 is 0 Å². The molecule has 0 fully saturated rings. The van der Waals surface area contributed by atoms with Crippen molar-refractivity contribution in [3.05, 3.63) is 82.8 Å². The van der Waals surface area contributed by atoms with Gasteiger partial charge in [0.05, 0.1) is 23.0 Å². The van der Waals surface area contributed by atoms with Crippen molar-refractivity contribution in [1.29, 1.82) is 0 Å². The highest BCUT2D eigenvalue weighted by Crippen LogP contribution is 2.31. The number of thiazole rings is 1. The lowest BCUT2D eigenvalue weighted by molar-refractivity contribution is -0.120.